The summed E-state index contributed by atoms with van der Waals surface area (Å²) in [5.41, 5.74) is 4.41. The molecule has 1 saturated heterocycles. The van der Waals surface area contributed by atoms with Crippen molar-refractivity contribution in [2.45, 2.75) is 61.3 Å². The van der Waals surface area contributed by atoms with E-state index in [-0.39, 0.29) is 34.5 Å². The maximum Gasteiger partial charge on any atom is 0.317 e. The Morgan fingerprint density at radius 1 is 1.31 bits per heavy atom. The second-order valence-electron chi connectivity index (χ2n) is 7.64. The molecule has 29 heavy (non-hydrogen) atoms. The molecular weight excluding hydrogens is 364 g/mol. The van der Waals surface area contributed by atoms with Crippen LogP contribution in [0.4, 0.5) is 4.79 Å². The molecular formula is C23H40N4O2. The third-order valence-corrected chi connectivity index (χ3v) is 5.06. The van der Waals surface area contributed by atoms with Crippen molar-refractivity contribution < 1.29 is 11.0 Å². The second-order valence-corrected chi connectivity index (χ2v) is 7.64. The minimum Gasteiger partial charge on any atom is -0.372 e. The van der Waals surface area contributed by atoms with Gasteiger partial charge < -0.3 is 19.9 Å². The van der Waals surface area contributed by atoms with Crippen molar-refractivity contribution in [2.24, 2.45) is 4.99 Å². The number of hydrogen-bond acceptors (Lipinski definition) is 4. The van der Waals surface area contributed by atoms with Crippen LogP contribution in [0.3, 0.4) is 0 Å². The van der Waals surface area contributed by atoms with Gasteiger partial charge in [-0.05, 0) is 51.0 Å². The summed E-state index contributed by atoms with van der Waals surface area (Å²) in [6, 6.07) is 6.28. The van der Waals surface area contributed by atoms with E-state index >= 15 is 0 Å². The molecule has 0 bridgehead atoms. The SMILES string of the molecule is C.C.CC1=NC(c2ccc(CNC(=O)N3CC(OC(C)C)C3)c(C)c2)=CCN1C.[HH]. The van der Waals surface area contributed by atoms with E-state index < -0.39 is 0 Å². The van der Waals surface area contributed by atoms with E-state index in [0.717, 1.165) is 34.8 Å². The quantitative estimate of drug-likeness (QED) is 0.784. The molecule has 0 saturated carbocycles. The number of amides is 2. The molecule has 2 amide bonds. The highest BCUT2D eigenvalue weighted by atomic mass is 16.5. The van der Waals surface area contributed by atoms with E-state index in [9.17, 15) is 4.79 Å². The van der Waals surface area contributed by atoms with E-state index in [4.69, 9.17) is 4.74 Å². The molecule has 0 aromatic heterocycles. The topological polar surface area (TPSA) is 57.2 Å². The smallest absolute Gasteiger partial charge is 0.317 e. The lowest BCUT2D eigenvalue weighted by Gasteiger charge is -2.39. The number of aryl methyl sites for hydroxylation is 1. The van der Waals surface area contributed by atoms with Crippen LogP contribution in [-0.4, -0.2) is 60.6 Å². The molecule has 1 aromatic rings. The Morgan fingerprint density at radius 3 is 2.59 bits per heavy atom. The molecule has 2 aliphatic heterocycles. The first-order valence-electron chi connectivity index (χ1n) is 9.58. The van der Waals surface area contributed by atoms with Crippen LogP contribution in [0.25, 0.3) is 5.70 Å². The van der Waals surface area contributed by atoms with Crippen molar-refractivity contribution >= 4 is 17.6 Å². The van der Waals surface area contributed by atoms with Crippen molar-refractivity contribution in [3.8, 4) is 0 Å². The molecule has 0 atom stereocenters. The van der Waals surface area contributed by atoms with Crippen molar-refractivity contribution in [1.29, 1.82) is 0 Å². The van der Waals surface area contributed by atoms with Crippen LogP contribution in [-0.2, 0) is 11.3 Å². The van der Waals surface area contributed by atoms with Crippen LogP contribution in [0.5, 0.6) is 0 Å². The van der Waals surface area contributed by atoms with Gasteiger partial charge in [-0.25, -0.2) is 9.79 Å². The molecule has 164 valence electrons. The Balaban J connectivity index is 0.00000280. The first-order chi connectivity index (χ1) is 12.8. The molecule has 6 heteroatoms. The third kappa shape index (κ3) is 6.07. The van der Waals surface area contributed by atoms with Crippen molar-refractivity contribution in [3.05, 3.63) is 41.0 Å². The summed E-state index contributed by atoms with van der Waals surface area (Å²) >= 11 is 0. The van der Waals surface area contributed by atoms with Crippen LogP contribution in [0.15, 0.2) is 29.3 Å². The number of carbonyl (C=O) groups excluding carboxylic acids is 1. The van der Waals surface area contributed by atoms with Crippen LogP contribution < -0.4 is 5.32 Å². The molecule has 1 N–H and O–H groups in total. The molecule has 0 spiro atoms. The Morgan fingerprint density at radius 2 is 2.00 bits per heavy atom. The van der Waals surface area contributed by atoms with Crippen LogP contribution in [0, 0.1) is 6.92 Å². The van der Waals surface area contributed by atoms with Gasteiger partial charge in [0.1, 0.15) is 5.84 Å². The fourth-order valence-corrected chi connectivity index (χ4v) is 3.25. The first kappa shape index (κ1) is 24.7. The number of nitrogens with zero attached hydrogens (tertiary/aromatic N) is 3. The lowest BCUT2D eigenvalue weighted by atomic mass is 10.0. The first-order valence-corrected chi connectivity index (χ1v) is 9.58. The van der Waals surface area contributed by atoms with Gasteiger partial charge >= 0.3 is 6.03 Å². The minimum absolute atomic E-state index is 0. The van der Waals surface area contributed by atoms with Crippen molar-refractivity contribution in [1.82, 2.24) is 15.1 Å². The van der Waals surface area contributed by atoms with E-state index in [1.807, 2.05) is 27.8 Å². The Bertz CT molecular complexity index is 770. The van der Waals surface area contributed by atoms with E-state index in [2.05, 4.69) is 46.4 Å². The number of ether oxygens (including phenoxy) is 1. The van der Waals surface area contributed by atoms with Gasteiger partial charge in [0.15, 0.2) is 0 Å². The Labute approximate surface area is 178 Å². The fraction of sp³-hybridized carbons (Fsp3) is 0.565. The zero-order valence-corrected chi connectivity index (χ0v) is 17.0. The van der Waals surface area contributed by atoms with Gasteiger partial charge in [0, 0.05) is 27.1 Å². The number of likely N-dealkylation sites (tertiary alicyclic amines) is 1. The minimum atomic E-state index is -0.0275. The lowest BCUT2D eigenvalue weighted by Crippen LogP contribution is -2.58. The maximum absolute atomic E-state index is 12.3. The molecule has 0 aliphatic carbocycles. The highest BCUT2D eigenvalue weighted by molar-refractivity contribution is 5.88. The highest BCUT2D eigenvalue weighted by Gasteiger charge is 2.31. The summed E-state index contributed by atoms with van der Waals surface area (Å²) in [4.78, 5) is 20.8. The molecule has 1 aromatic carbocycles. The van der Waals surface area contributed by atoms with Crippen LogP contribution >= 0.6 is 0 Å². The van der Waals surface area contributed by atoms with Crippen LogP contribution in [0.1, 0.15) is 53.7 Å². The number of nitrogens with one attached hydrogen (secondary N) is 1. The van der Waals surface area contributed by atoms with Gasteiger partial charge in [-0.2, -0.15) is 0 Å². The largest absolute Gasteiger partial charge is 0.372 e. The second kappa shape index (κ2) is 10.4. The van der Waals surface area contributed by atoms with Gasteiger partial charge in [0.2, 0.25) is 0 Å². The monoisotopic (exact) mass is 404 g/mol. The summed E-state index contributed by atoms with van der Waals surface area (Å²) in [6.45, 7) is 10.9. The third-order valence-electron chi connectivity index (χ3n) is 5.06. The number of likely N-dealkylation sites (N-methyl/N-ethyl adjacent to an activating group) is 1. The zero-order valence-electron chi connectivity index (χ0n) is 17.0. The standard InChI is InChI=1S/C21H30N4O2.2CH4.H2/c1-14(2)27-19-12-25(13-19)21(26)22-11-18-7-6-17(10-15(18)3)20-8-9-24(5)16(4)23-20;;;/h6-8,10,14,19H,9,11-13H2,1-5H3,(H,22,26);2*1H4;1H. The summed E-state index contributed by atoms with van der Waals surface area (Å²) < 4.78 is 5.69. The number of benzene rings is 1. The van der Waals surface area contributed by atoms with Gasteiger partial charge in [0.25, 0.3) is 0 Å². The predicted molar refractivity (Wildman–Crippen MR) is 124 cm³/mol. The normalized spacial score (nSPS) is 16.3. The van der Waals surface area contributed by atoms with E-state index in [1.54, 1.807) is 4.90 Å². The summed E-state index contributed by atoms with van der Waals surface area (Å²) in [7, 11) is 2.04. The molecule has 2 aliphatic rings. The fourth-order valence-electron chi connectivity index (χ4n) is 3.25. The van der Waals surface area contributed by atoms with Gasteiger partial charge in [-0.3, -0.25) is 0 Å². The molecule has 0 radical (unpaired) electrons. The summed E-state index contributed by atoms with van der Waals surface area (Å²) in [6.07, 6.45) is 2.51. The van der Waals surface area contributed by atoms with Crippen molar-refractivity contribution in [3.63, 3.8) is 0 Å². The van der Waals surface area contributed by atoms with Gasteiger partial charge in [0.05, 0.1) is 31.0 Å². The summed E-state index contributed by atoms with van der Waals surface area (Å²) in [5, 5.41) is 3.01. The molecule has 6 nitrogen and oxygen atoms in total. The zero-order chi connectivity index (χ0) is 19.6. The average molecular weight is 405 g/mol. The summed E-state index contributed by atoms with van der Waals surface area (Å²) in [5.74, 6) is 1.02. The Hall–Kier alpha value is -2.34. The molecule has 3 rings (SSSR count). The van der Waals surface area contributed by atoms with E-state index in [0.29, 0.717) is 19.6 Å². The Kier molecular flexibility index (Phi) is 8.89. The highest BCUT2D eigenvalue weighted by Crippen LogP contribution is 2.22. The number of aliphatic imine (C=N–C) groups is 1. The van der Waals surface area contributed by atoms with Gasteiger partial charge in [-0.15, -0.1) is 0 Å². The number of carbonyl (C=O) groups is 1. The molecule has 1 fully saturated rings. The van der Waals surface area contributed by atoms with Gasteiger partial charge in [-0.1, -0.05) is 27.0 Å². The van der Waals surface area contributed by atoms with Crippen molar-refractivity contribution in [2.75, 3.05) is 26.7 Å². The lowest BCUT2D eigenvalue weighted by molar-refractivity contribution is -0.0641. The van der Waals surface area contributed by atoms with Crippen LogP contribution in [0.2, 0.25) is 0 Å². The number of amidine groups is 1. The number of hydrogen-bond donors (Lipinski definition) is 1. The van der Waals surface area contributed by atoms with E-state index in [1.165, 1.54) is 0 Å². The molecule has 0 unspecified atom stereocenters. The number of urea groups is 1. The number of rotatable bonds is 5. The predicted octanol–water partition coefficient (Wildman–Crippen LogP) is 4.54. The maximum atomic E-state index is 12.3. The molecule has 2 heterocycles. The average Bonchev–Trinajstić information content (AvgIpc) is 2.58.